The van der Waals surface area contributed by atoms with E-state index < -0.39 is 6.09 Å². The monoisotopic (exact) mass is 452 g/mol. The van der Waals surface area contributed by atoms with E-state index in [4.69, 9.17) is 0 Å². The number of hydrogen-bond acceptors (Lipinski definition) is 3. The number of benzene rings is 1. The van der Waals surface area contributed by atoms with E-state index >= 15 is 0 Å². The molecule has 0 bridgehead atoms. The molecule has 0 radical (unpaired) electrons. The molecule has 1 saturated heterocycles. The van der Waals surface area contributed by atoms with Gasteiger partial charge in [-0.1, -0.05) is 15.9 Å². The average molecular weight is 453 g/mol. The van der Waals surface area contributed by atoms with E-state index in [1.807, 2.05) is 18.2 Å². The molecule has 2 amide bonds. The summed E-state index contributed by atoms with van der Waals surface area (Å²) in [6.45, 7) is 1.15. The Hall–Kier alpha value is -0.830. The van der Waals surface area contributed by atoms with Crippen LogP contribution in [0.5, 0.6) is 0 Å². The van der Waals surface area contributed by atoms with Gasteiger partial charge in [0.25, 0.3) is 5.91 Å². The lowest BCUT2D eigenvalue weighted by Crippen LogP contribution is -2.38. The van der Waals surface area contributed by atoms with E-state index in [2.05, 4.69) is 48.6 Å². The highest BCUT2D eigenvalue weighted by Crippen LogP contribution is 2.22. The summed E-state index contributed by atoms with van der Waals surface area (Å²) in [5.74, 6) is -0.00938. The van der Waals surface area contributed by atoms with E-state index in [0.717, 1.165) is 14.5 Å². The fourth-order valence-electron chi connectivity index (χ4n) is 2.12. The van der Waals surface area contributed by atoms with Crippen LogP contribution in [-0.4, -0.2) is 43.1 Å². The summed E-state index contributed by atoms with van der Waals surface area (Å²) in [5.41, 5.74) is 0.679. The Labute approximate surface area is 139 Å². The van der Waals surface area contributed by atoms with Crippen LogP contribution < -0.4 is 5.32 Å². The van der Waals surface area contributed by atoms with Gasteiger partial charge in [0.05, 0.1) is 18.7 Å². The molecule has 1 atom stereocenters. The van der Waals surface area contributed by atoms with Crippen LogP contribution in [0.4, 0.5) is 4.79 Å². The molecule has 7 heteroatoms. The molecule has 1 heterocycles. The van der Waals surface area contributed by atoms with E-state index in [-0.39, 0.29) is 11.9 Å². The lowest BCUT2D eigenvalue weighted by atomic mass is 10.2. The van der Waals surface area contributed by atoms with E-state index in [9.17, 15) is 9.59 Å². The predicted molar refractivity (Wildman–Crippen MR) is 86.7 cm³/mol. The molecule has 0 aliphatic carbocycles. The number of ether oxygens (including phenoxy) is 1. The molecule has 20 heavy (non-hydrogen) atoms. The molecule has 0 aromatic heterocycles. The van der Waals surface area contributed by atoms with Crippen molar-refractivity contribution in [2.24, 2.45) is 0 Å². The predicted octanol–water partition coefficient (Wildman–Crippen LogP) is 2.62. The lowest BCUT2D eigenvalue weighted by molar-refractivity contribution is 0.0787. The van der Waals surface area contributed by atoms with E-state index in [0.29, 0.717) is 18.7 Å². The smallest absolute Gasteiger partial charge is 0.407 e. The zero-order chi connectivity index (χ0) is 14.7. The molecule has 108 valence electrons. The molecule has 1 aromatic rings. The maximum absolute atomic E-state index is 12.5. The Kier molecular flexibility index (Phi) is 5.25. The van der Waals surface area contributed by atoms with Crippen LogP contribution in [0.3, 0.4) is 0 Å². The number of methoxy groups -OCH3 is 1. The summed E-state index contributed by atoms with van der Waals surface area (Å²) >= 11 is 5.53. The van der Waals surface area contributed by atoms with Crippen molar-refractivity contribution in [1.82, 2.24) is 10.2 Å². The van der Waals surface area contributed by atoms with Crippen LogP contribution >= 0.6 is 38.5 Å². The Morgan fingerprint density at radius 1 is 1.50 bits per heavy atom. The molecule has 0 spiro atoms. The van der Waals surface area contributed by atoms with Gasteiger partial charge in [0, 0.05) is 21.1 Å². The Bertz CT molecular complexity index is 538. The first-order chi connectivity index (χ1) is 9.51. The van der Waals surface area contributed by atoms with Crippen LogP contribution in [0.1, 0.15) is 16.8 Å². The minimum atomic E-state index is -0.457. The molecule has 1 unspecified atom stereocenters. The van der Waals surface area contributed by atoms with Gasteiger partial charge in [-0.05, 0) is 47.2 Å². The van der Waals surface area contributed by atoms with Gasteiger partial charge in [-0.25, -0.2) is 4.79 Å². The van der Waals surface area contributed by atoms with Gasteiger partial charge < -0.3 is 15.0 Å². The van der Waals surface area contributed by atoms with Gasteiger partial charge in [0.2, 0.25) is 0 Å². The van der Waals surface area contributed by atoms with Gasteiger partial charge in [-0.2, -0.15) is 0 Å². The van der Waals surface area contributed by atoms with Crippen molar-refractivity contribution in [3.63, 3.8) is 0 Å². The molecule has 1 fully saturated rings. The zero-order valence-electron chi connectivity index (χ0n) is 10.9. The maximum Gasteiger partial charge on any atom is 0.407 e. The lowest BCUT2D eigenvalue weighted by Gasteiger charge is -2.18. The first-order valence-corrected chi connectivity index (χ1v) is 7.97. The first-order valence-electron chi connectivity index (χ1n) is 6.10. The highest BCUT2D eigenvalue weighted by molar-refractivity contribution is 14.1. The summed E-state index contributed by atoms with van der Waals surface area (Å²) in [4.78, 5) is 25.4. The minimum Gasteiger partial charge on any atom is -0.453 e. The van der Waals surface area contributed by atoms with Crippen molar-refractivity contribution < 1.29 is 14.3 Å². The molecule has 5 nitrogen and oxygen atoms in total. The van der Waals surface area contributed by atoms with Gasteiger partial charge in [0.1, 0.15) is 0 Å². The number of nitrogens with zero attached hydrogens (tertiary/aromatic N) is 1. The average Bonchev–Trinajstić information content (AvgIpc) is 2.89. The first kappa shape index (κ1) is 15.6. The SMILES string of the molecule is COC(=O)NC1CCN(C(=O)c2cc(Br)ccc2I)C1. The van der Waals surface area contributed by atoms with Crippen LogP contribution in [0, 0.1) is 3.57 Å². The van der Waals surface area contributed by atoms with Crippen LogP contribution in [0.25, 0.3) is 0 Å². The van der Waals surface area contributed by atoms with E-state index in [1.54, 1.807) is 4.90 Å². The number of carbonyl (C=O) groups is 2. The summed E-state index contributed by atoms with van der Waals surface area (Å²) in [6.07, 6.45) is 0.284. The second-order valence-electron chi connectivity index (χ2n) is 4.50. The highest BCUT2D eigenvalue weighted by Gasteiger charge is 2.29. The molecular weight excluding hydrogens is 439 g/mol. The molecular formula is C13H14BrIN2O3. The second-order valence-corrected chi connectivity index (χ2v) is 6.57. The third-order valence-corrected chi connectivity index (χ3v) is 4.58. The second kappa shape index (κ2) is 6.75. The zero-order valence-corrected chi connectivity index (χ0v) is 14.6. The number of amides is 2. The Morgan fingerprint density at radius 2 is 2.25 bits per heavy atom. The van der Waals surface area contributed by atoms with Crippen molar-refractivity contribution in [2.45, 2.75) is 12.5 Å². The Balaban J connectivity index is 2.04. The molecule has 1 aliphatic heterocycles. The topological polar surface area (TPSA) is 58.6 Å². The van der Waals surface area contributed by atoms with Crippen LogP contribution in [0.15, 0.2) is 22.7 Å². The van der Waals surface area contributed by atoms with E-state index in [1.165, 1.54) is 7.11 Å². The number of alkyl carbamates (subject to hydrolysis) is 1. The molecule has 1 aliphatic rings. The van der Waals surface area contributed by atoms with Gasteiger partial charge in [-0.15, -0.1) is 0 Å². The highest BCUT2D eigenvalue weighted by atomic mass is 127. The van der Waals surface area contributed by atoms with Crippen LogP contribution in [-0.2, 0) is 4.74 Å². The normalized spacial score (nSPS) is 17.9. The third-order valence-electron chi connectivity index (χ3n) is 3.14. The standard InChI is InChI=1S/C13H14BrIN2O3/c1-20-13(19)16-9-4-5-17(7-9)12(18)10-6-8(14)2-3-11(10)15/h2-3,6,9H,4-5,7H2,1H3,(H,16,19). The van der Waals surface area contributed by atoms with Crippen molar-refractivity contribution >= 4 is 50.5 Å². The van der Waals surface area contributed by atoms with Crippen molar-refractivity contribution in [3.8, 4) is 0 Å². The largest absolute Gasteiger partial charge is 0.453 e. The Morgan fingerprint density at radius 3 is 2.95 bits per heavy atom. The van der Waals surface area contributed by atoms with Crippen molar-refractivity contribution in [1.29, 1.82) is 0 Å². The summed E-state index contributed by atoms with van der Waals surface area (Å²) in [5, 5.41) is 2.72. The number of rotatable bonds is 2. The van der Waals surface area contributed by atoms with Gasteiger partial charge in [-0.3, -0.25) is 4.79 Å². The van der Waals surface area contributed by atoms with Crippen molar-refractivity contribution in [3.05, 3.63) is 31.8 Å². The van der Waals surface area contributed by atoms with Gasteiger partial charge >= 0.3 is 6.09 Å². The number of halogens is 2. The molecule has 0 saturated carbocycles. The number of likely N-dealkylation sites (tertiary alicyclic amines) is 1. The quantitative estimate of drug-likeness (QED) is 0.702. The molecule has 1 aromatic carbocycles. The van der Waals surface area contributed by atoms with Crippen LogP contribution in [0.2, 0.25) is 0 Å². The summed E-state index contributed by atoms with van der Waals surface area (Å²) in [7, 11) is 1.33. The fourth-order valence-corrected chi connectivity index (χ4v) is 3.05. The maximum atomic E-state index is 12.5. The fraction of sp³-hybridized carbons (Fsp3) is 0.385. The molecule has 2 rings (SSSR count). The summed E-state index contributed by atoms with van der Waals surface area (Å²) < 4.78 is 6.36. The summed E-state index contributed by atoms with van der Waals surface area (Å²) in [6, 6.07) is 5.59. The molecule has 1 N–H and O–H groups in total. The number of nitrogens with one attached hydrogen (secondary N) is 1. The third kappa shape index (κ3) is 3.63. The number of hydrogen-bond donors (Lipinski definition) is 1. The van der Waals surface area contributed by atoms with Crippen molar-refractivity contribution in [2.75, 3.05) is 20.2 Å². The number of carbonyl (C=O) groups excluding carboxylic acids is 2. The minimum absolute atomic E-state index is 0.00938. The van der Waals surface area contributed by atoms with Gasteiger partial charge in [0.15, 0.2) is 0 Å².